The maximum absolute atomic E-state index is 12.7. The Balaban J connectivity index is 1.88. The molecular weight excluding hydrogens is 322 g/mol. The summed E-state index contributed by atoms with van der Waals surface area (Å²) in [6.45, 7) is 3.91. The van der Waals surface area contributed by atoms with Crippen LogP contribution in [0.5, 0.6) is 0 Å². The van der Waals surface area contributed by atoms with Crippen LogP contribution in [0.15, 0.2) is 27.4 Å². The summed E-state index contributed by atoms with van der Waals surface area (Å²) in [5, 5.41) is 2.74. The fourth-order valence-electron chi connectivity index (χ4n) is 3.09. The lowest BCUT2D eigenvalue weighted by atomic mass is 10.1. The normalized spacial score (nSPS) is 14.7. The lowest BCUT2D eigenvalue weighted by molar-refractivity contribution is -0.121. The summed E-state index contributed by atoms with van der Waals surface area (Å²) in [5.74, 6) is -0.888. The number of carbonyl (C=O) groups excluding carboxylic acids is 2. The molecule has 0 unspecified atom stereocenters. The summed E-state index contributed by atoms with van der Waals surface area (Å²) in [6, 6.07) is 4.93. The van der Waals surface area contributed by atoms with Crippen LogP contribution >= 0.6 is 0 Å². The summed E-state index contributed by atoms with van der Waals surface area (Å²) in [4.78, 5) is 38.5. The lowest BCUT2D eigenvalue weighted by Crippen LogP contribution is -2.35. The zero-order chi connectivity index (χ0) is 17.8. The van der Waals surface area contributed by atoms with Gasteiger partial charge in [-0.15, -0.1) is 0 Å². The van der Waals surface area contributed by atoms with E-state index in [2.05, 4.69) is 5.32 Å². The first-order chi connectivity index (χ1) is 12.1. The number of likely N-dealkylation sites (tertiary alicyclic amines) is 1. The molecule has 0 atom stereocenters. The molecule has 3 rings (SSSR count). The van der Waals surface area contributed by atoms with Crippen LogP contribution in [-0.4, -0.2) is 40.9 Å². The Morgan fingerprint density at radius 3 is 2.68 bits per heavy atom. The van der Waals surface area contributed by atoms with Gasteiger partial charge >= 0.3 is 5.76 Å². The van der Waals surface area contributed by atoms with Gasteiger partial charge in [0, 0.05) is 25.2 Å². The van der Waals surface area contributed by atoms with Gasteiger partial charge < -0.3 is 14.6 Å². The maximum atomic E-state index is 12.7. The van der Waals surface area contributed by atoms with Gasteiger partial charge in [-0.25, -0.2) is 4.79 Å². The van der Waals surface area contributed by atoms with Crippen molar-refractivity contribution in [1.82, 2.24) is 14.8 Å². The number of rotatable bonds is 5. The van der Waals surface area contributed by atoms with Gasteiger partial charge in [0.2, 0.25) is 5.91 Å². The molecule has 1 aliphatic heterocycles. The summed E-state index contributed by atoms with van der Waals surface area (Å²) < 4.78 is 6.46. The largest absolute Gasteiger partial charge is 0.420 e. The van der Waals surface area contributed by atoms with Crippen molar-refractivity contribution in [2.45, 2.75) is 39.2 Å². The van der Waals surface area contributed by atoms with Crippen molar-refractivity contribution in [3.05, 3.63) is 34.3 Å². The Morgan fingerprint density at radius 1 is 1.20 bits per heavy atom. The Kier molecular flexibility index (Phi) is 5.21. The third-order valence-corrected chi connectivity index (χ3v) is 4.43. The minimum atomic E-state index is -0.593. The first kappa shape index (κ1) is 17.3. The van der Waals surface area contributed by atoms with Crippen LogP contribution in [0.2, 0.25) is 0 Å². The van der Waals surface area contributed by atoms with E-state index in [1.54, 1.807) is 18.2 Å². The summed E-state index contributed by atoms with van der Waals surface area (Å²) in [6.07, 6.45) is 4.00. The number of nitrogens with one attached hydrogen (secondary N) is 1. The van der Waals surface area contributed by atoms with E-state index < -0.39 is 5.76 Å². The van der Waals surface area contributed by atoms with Crippen LogP contribution in [0.3, 0.4) is 0 Å². The minimum absolute atomic E-state index is 0.0442. The zero-order valence-electron chi connectivity index (χ0n) is 14.4. The molecule has 7 heteroatoms. The van der Waals surface area contributed by atoms with E-state index >= 15 is 0 Å². The molecule has 0 saturated carbocycles. The van der Waals surface area contributed by atoms with E-state index in [4.69, 9.17) is 4.42 Å². The van der Waals surface area contributed by atoms with Crippen molar-refractivity contribution in [3.63, 3.8) is 0 Å². The second-order valence-corrected chi connectivity index (χ2v) is 6.34. The molecule has 1 saturated heterocycles. The standard InChI is InChI=1S/C18H23N3O4/c1-2-8-19-16(22)12-21-14-11-13(6-7-15(14)25-18(21)24)17(23)20-9-4-3-5-10-20/h6-7,11H,2-5,8-10,12H2,1H3,(H,19,22). The number of nitrogens with zero attached hydrogens (tertiary/aromatic N) is 2. The molecule has 1 aromatic carbocycles. The molecule has 0 aliphatic carbocycles. The van der Waals surface area contributed by atoms with Gasteiger partial charge in [-0.3, -0.25) is 14.2 Å². The highest BCUT2D eigenvalue weighted by molar-refractivity contribution is 5.97. The third kappa shape index (κ3) is 3.75. The first-order valence-electron chi connectivity index (χ1n) is 8.79. The number of piperidine rings is 1. The smallest absolute Gasteiger partial charge is 0.408 e. The van der Waals surface area contributed by atoms with Gasteiger partial charge in [0.15, 0.2) is 5.58 Å². The number of oxazole rings is 1. The fourth-order valence-corrected chi connectivity index (χ4v) is 3.09. The van der Waals surface area contributed by atoms with Gasteiger partial charge in [-0.2, -0.15) is 0 Å². The van der Waals surface area contributed by atoms with Crippen molar-refractivity contribution in [3.8, 4) is 0 Å². The second kappa shape index (κ2) is 7.55. The van der Waals surface area contributed by atoms with Gasteiger partial charge in [0.1, 0.15) is 6.54 Å². The van der Waals surface area contributed by atoms with Crippen molar-refractivity contribution in [1.29, 1.82) is 0 Å². The van der Waals surface area contributed by atoms with E-state index in [1.165, 1.54) is 4.57 Å². The predicted octanol–water partition coefficient (Wildman–Crippen LogP) is 1.75. The molecule has 1 aromatic heterocycles. The van der Waals surface area contributed by atoms with Crippen LogP contribution in [0.4, 0.5) is 0 Å². The van der Waals surface area contributed by atoms with Crippen LogP contribution < -0.4 is 11.1 Å². The van der Waals surface area contributed by atoms with E-state index in [9.17, 15) is 14.4 Å². The van der Waals surface area contributed by atoms with Crippen molar-refractivity contribution >= 4 is 22.9 Å². The number of carbonyl (C=O) groups is 2. The monoisotopic (exact) mass is 345 g/mol. The van der Waals surface area contributed by atoms with E-state index in [0.717, 1.165) is 38.8 Å². The molecule has 0 bridgehead atoms. The topological polar surface area (TPSA) is 84.5 Å². The average Bonchev–Trinajstić information content (AvgIpc) is 2.95. The molecule has 134 valence electrons. The van der Waals surface area contributed by atoms with Crippen LogP contribution in [0, 0.1) is 0 Å². The van der Waals surface area contributed by atoms with E-state index in [1.807, 2.05) is 11.8 Å². The van der Waals surface area contributed by atoms with Gasteiger partial charge in [-0.1, -0.05) is 6.92 Å². The molecule has 2 heterocycles. The Morgan fingerprint density at radius 2 is 1.96 bits per heavy atom. The second-order valence-electron chi connectivity index (χ2n) is 6.34. The van der Waals surface area contributed by atoms with Crippen molar-refractivity contribution in [2.24, 2.45) is 0 Å². The van der Waals surface area contributed by atoms with Crippen LogP contribution in [-0.2, 0) is 11.3 Å². The number of hydrogen-bond acceptors (Lipinski definition) is 4. The van der Waals surface area contributed by atoms with E-state index in [0.29, 0.717) is 23.2 Å². The summed E-state index contributed by atoms with van der Waals surface area (Å²) in [5.41, 5.74) is 1.36. The Bertz CT molecular complexity index is 830. The fraction of sp³-hybridized carbons (Fsp3) is 0.500. The number of hydrogen-bond donors (Lipinski definition) is 1. The molecule has 7 nitrogen and oxygen atoms in total. The zero-order valence-corrected chi connectivity index (χ0v) is 14.4. The Hall–Kier alpha value is -2.57. The average molecular weight is 345 g/mol. The number of amides is 2. The molecule has 0 spiro atoms. The van der Waals surface area contributed by atoms with Crippen LogP contribution in [0.25, 0.3) is 11.1 Å². The molecule has 0 radical (unpaired) electrons. The van der Waals surface area contributed by atoms with E-state index in [-0.39, 0.29) is 18.4 Å². The van der Waals surface area contributed by atoms with Crippen molar-refractivity contribution < 1.29 is 14.0 Å². The summed E-state index contributed by atoms with van der Waals surface area (Å²) in [7, 11) is 0. The van der Waals surface area contributed by atoms with Gasteiger partial charge in [-0.05, 0) is 43.9 Å². The van der Waals surface area contributed by atoms with Gasteiger partial charge in [0.05, 0.1) is 5.52 Å². The molecule has 2 aromatic rings. The highest BCUT2D eigenvalue weighted by Gasteiger charge is 2.20. The quantitative estimate of drug-likeness (QED) is 0.895. The third-order valence-electron chi connectivity index (χ3n) is 4.43. The number of aromatic nitrogens is 1. The minimum Gasteiger partial charge on any atom is -0.408 e. The first-order valence-corrected chi connectivity index (χ1v) is 8.79. The van der Waals surface area contributed by atoms with Gasteiger partial charge in [0.25, 0.3) is 5.91 Å². The summed E-state index contributed by atoms with van der Waals surface area (Å²) >= 11 is 0. The molecule has 1 fully saturated rings. The molecule has 25 heavy (non-hydrogen) atoms. The van der Waals surface area contributed by atoms with Crippen LogP contribution in [0.1, 0.15) is 43.0 Å². The number of benzene rings is 1. The molecule has 1 N–H and O–H groups in total. The Labute approximate surface area is 145 Å². The number of fused-ring (bicyclic) bond motifs is 1. The van der Waals surface area contributed by atoms with Crippen molar-refractivity contribution in [2.75, 3.05) is 19.6 Å². The highest BCUT2D eigenvalue weighted by Crippen LogP contribution is 2.18. The predicted molar refractivity (Wildman–Crippen MR) is 93.5 cm³/mol. The molecular formula is C18H23N3O4. The SMILES string of the molecule is CCCNC(=O)Cn1c(=O)oc2ccc(C(=O)N3CCCCC3)cc21. The highest BCUT2D eigenvalue weighted by atomic mass is 16.4. The maximum Gasteiger partial charge on any atom is 0.420 e. The lowest BCUT2D eigenvalue weighted by Gasteiger charge is -2.26. The molecule has 1 aliphatic rings. The molecule has 2 amide bonds.